The quantitative estimate of drug-likeness (QED) is 0.828. The summed E-state index contributed by atoms with van der Waals surface area (Å²) in [4.78, 5) is 4.32. The maximum atomic E-state index is 12.9. The van der Waals surface area contributed by atoms with Crippen molar-refractivity contribution in [2.75, 3.05) is 11.9 Å². The number of rotatable bonds is 2. The Morgan fingerprint density at radius 1 is 1.24 bits per heavy atom. The molecule has 0 aliphatic carbocycles. The largest absolute Gasteiger partial charge is 0.418 e. The highest BCUT2D eigenvalue weighted by Gasteiger charge is 2.34. The average Bonchev–Trinajstić information content (AvgIpc) is 2.73. The number of hydrogen-bond acceptors (Lipinski definition) is 3. The fraction of sp³-hybridized carbons (Fsp3) is 0.533. The maximum absolute atomic E-state index is 12.9. The van der Waals surface area contributed by atoms with Gasteiger partial charge in [0.2, 0.25) is 0 Å². The van der Waals surface area contributed by atoms with E-state index < -0.39 is 11.7 Å². The molecule has 1 atom stereocenters. The number of alkyl halides is 3. The summed E-state index contributed by atoms with van der Waals surface area (Å²) >= 11 is 1.52. The van der Waals surface area contributed by atoms with E-state index in [9.17, 15) is 13.2 Å². The number of aliphatic imine (C=N–C) groups is 1. The molecule has 1 unspecified atom stereocenters. The van der Waals surface area contributed by atoms with E-state index in [0.29, 0.717) is 17.0 Å². The first-order valence-electron chi connectivity index (χ1n) is 6.79. The Morgan fingerprint density at radius 3 is 2.52 bits per heavy atom. The molecule has 21 heavy (non-hydrogen) atoms. The molecular weight excluding hydrogens is 297 g/mol. The van der Waals surface area contributed by atoms with Crippen molar-refractivity contribution in [2.45, 2.75) is 38.6 Å². The number of nitrogens with one attached hydrogen (secondary N) is 1. The molecule has 0 saturated carbocycles. The normalized spacial score (nSPS) is 19.5. The summed E-state index contributed by atoms with van der Waals surface area (Å²) in [5.74, 6) is 0. The van der Waals surface area contributed by atoms with Gasteiger partial charge in [-0.25, -0.2) is 0 Å². The Morgan fingerprint density at radius 2 is 1.90 bits per heavy atom. The second-order valence-corrected chi connectivity index (χ2v) is 7.61. The molecule has 0 aromatic heterocycles. The molecule has 0 spiro atoms. The van der Waals surface area contributed by atoms with Crippen molar-refractivity contribution in [2.24, 2.45) is 10.4 Å². The molecule has 1 aliphatic heterocycles. The van der Waals surface area contributed by atoms with Crippen molar-refractivity contribution in [1.82, 2.24) is 0 Å². The third-order valence-corrected chi connectivity index (χ3v) is 4.13. The van der Waals surface area contributed by atoms with E-state index in [1.54, 1.807) is 6.07 Å². The number of halogens is 3. The molecule has 2 rings (SSSR count). The van der Waals surface area contributed by atoms with Crippen LogP contribution < -0.4 is 5.32 Å². The number of hydrogen-bond donors (Lipinski definition) is 1. The molecule has 1 heterocycles. The standard InChI is InChI=1S/C15H19F3N2S/c1-14(2,3)8-10-9-19-13(21-10)20-12-7-5-4-6-11(12)15(16,17)18/h4-7,10H,8-9H2,1-3H3,(H,19,20). The van der Waals surface area contributed by atoms with Gasteiger partial charge in [-0.1, -0.05) is 44.7 Å². The van der Waals surface area contributed by atoms with E-state index in [2.05, 4.69) is 31.1 Å². The van der Waals surface area contributed by atoms with Crippen LogP contribution in [0.3, 0.4) is 0 Å². The van der Waals surface area contributed by atoms with Crippen molar-refractivity contribution in [3.63, 3.8) is 0 Å². The summed E-state index contributed by atoms with van der Waals surface area (Å²) < 4.78 is 38.8. The van der Waals surface area contributed by atoms with Gasteiger partial charge in [0.1, 0.15) is 0 Å². The summed E-state index contributed by atoms with van der Waals surface area (Å²) in [6, 6.07) is 5.49. The van der Waals surface area contributed by atoms with Crippen LogP contribution in [-0.2, 0) is 6.18 Å². The molecule has 1 aromatic rings. The summed E-state index contributed by atoms with van der Waals surface area (Å²) in [5, 5.41) is 3.72. The second-order valence-electron chi connectivity index (χ2n) is 6.32. The van der Waals surface area contributed by atoms with E-state index in [-0.39, 0.29) is 11.1 Å². The average molecular weight is 316 g/mol. The van der Waals surface area contributed by atoms with Crippen LogP contribution in [0.25, 0.3) is 0 Å². The lowest BCUT2D eigenvalue weighted by Gasteiger charge is -2.21. The molecule has 6 heteroatoms. The molecule has 0 bridgehead atoms. The predicted octanol–water partition coefficient (Wildman–Crippen LogP) is 5.02. The minimum absolute atomic E-state index is 0.0626. The summed E-state index contributed by atoms with van der Waals surface area (Å²) in [6.45, 7) is 7.10. The van der Waals surface area contributed by atoms with Gasteiger partial charge in [0.25, 0.3) is 0 Å². The van der Waals surface area contributed by atoms with E-state index in [1.165, 1.54) is 23.9 Å². The highest BCUT2D eigenvalue weighted by molar-refractivity contribution is 8.15. The lowest BCUT2D eigenvalue weighted by atomic mass is 9.90. The Hall–Kier alpha value is -1.17. The van der Waals surface area contributed by atoms with Gasteiger partial charge in [0, 0.05) is 5.25 Å². The van der Waals surface area contributed by atoms with E-state index >= 15 is 0 Å². The summed E-state index contributed by atoms with van der Waals surface area (Å²) in [7, 11) is 0. The summed E-state index contributed by atoms with van der Waals surface area (Å²) in [6.07, 6.45) is -3.38. The zero-order chi connectivity index (χ0) is 15.7. The monoisotopic (exact) mass is 316 g/mol. The van der Waals surface area contributed by atoms with E-state index in [1.807, 2.05) is 0 Å². The molecule has 2 nitrogen and oxygen atoms in total. The first-order chi connectivity index (χ1) is 9.65. The van der Waals surface area contributed by atoms with Crippen LogP contribution in [0.5, 0.6) is 0 Å². The lowest BCUT2D eigenvalue weighted by Crippen LogP contribution is -2.17. The van der Waals surface area contributed by atoms with E-state index in [4.69, 9.17) is 0 Å². The fourth-order valence-electron chi connectivity index (χ4n) is 2.23. The minimum atomic E-state index is -4.36. The van der Waals surface area contributed by atoms with Crippen molar-refractivity contribution < 1.29 is 13.2 Å². The van der Waals surface area contributed by atoms with Crippen LogP contribution in [0.1, 0.15) is 32.8 Å². The zero-order valence-corrected chi connectivity index (χ0v) is 13.1. The SMILES string of the molecule is CC(C)(C)CC1CN=C(Nc2ccccc2C(F)(F)F)S1. The highest BCUT2D eigenvalue weighted by atomic mass is 32.2. The van der Waals surface area contributed by atoms with Gasteiger partial charge in [-0.3, -0.25) is 4.99 Å². The van der Waals surface area contributed by atoms with Crippen LogP contribution >= 0.6 is 11.8 Å². The predicted molar refractivity (Wildman–Crippen MR) is 82.8 cm³/mol. The molecule has 1 N–H and O–H groups in total. The van der Waals surface area contributed by atoms with Crippen molar-refractivity contribution >= 4 is 22.6 Å². The molecule has 0 fully saturated rings. The van der Waals surface area contributed by atoms with E-state index in [0.717, 1.165) is 12.5 Å². The third-order valence-electron chi connectivity index (χ3n) is 3.03. The molecule has 1 aliphatic rings. The van der Waals surface area contributed by atoms with Crippen molar-refractivity contribution in [3.8, 4) is 0 Å². The maximum Gasteiger partial charge on any atom is 0.418 e. The third kappa shape index (κ3) is 4.66. The second kappa shape index (κ2) is 5.91. The number of anilines is 1. The van der Waals surface area contributed by atoms with Crippen molar-refractivity contribution in [1.29, 1.82) is 0 Å². The van der Waals surface area contributed by atoms with Crippen molar-refractivity contribution in [3.05, 3.63) is 29.8 Å². The smallest absolute Gasteiger partial charge is 0.334 e. The first kappa shape index (κ1) is 16.2. The van der Waals surface area contributed by atoms with Crippen LogP contribution in [0.2, 0.25) is 0 Å². The number of thioether (sulfide) groups is 1. The molecule has 116 valence electrons. The van der Waals surface area contributed by atoms with Gasteiger partial charge in [-0.05, 0) is 24.0 Å². The Balaban J connectivity index is 2.05. The van der Waals surface area contributed by atoms with Gasteiger partial charge in [-0.15, -0.1) is 0 Å². The lowest BCUT2D eigenvalue weighted by molar-refractivity contribution is -0.136. The molecule has 1 aromatic carbocycles. The minimum Gasteiger partial charge on any atom is -0.334 e. The topological polar surface area (TPSA) is 24.4 Å². The number of benzene rings is 1. The molecule has 0 amide bonds. The molecule has 0 saturated heterocycles. The van der Waals surface area contributed by atoms with Gasteiger partial charge in [0.15, 0.2) is 5.17 Å². The molecular formula is C15H19F3N2S. The Bertz CT molecular complexity index is 532. The van der Waals surface area contributed by atoms with Crippen LogP contribution in [0.15, 0.2) is 29.3 Å². The van der Waals surface area contributed by atoms with Gasteiger partial charge >= 0.3 is 6.18 Å². The number of nitrogens with zero attached hydrogens (tertiary/aromatic N) is 1. The first-order valence-corrected chi connectivity index (χ1v) is 7.67. The van der Waals surface area contributed by atoms with Gasteiger partial charge in [0.05, 0.1) is 17.8 Å². The van der Waals surface area contributed by atoms with Gasteiger partial charge in [-0.2, -0.15) is 13.2 Å². The van der Waals surface area contributed by atoms with Crippen LogP contribution in [-0.4, -0.2) is 17.0 Å². The highest BCUT2D eigenvalue weighted by Crippen LogP contribution is 2.37. The number of amidine groups is 1. The zero-order valence-electron chi connectivity index (χ0n) is 12.3. The molecule has 0 radical (unpaired) electrons. The summed E-state index contributed by atoms with van der Waals surface area (Å²) in [5.41, 5.74) is -0.410. The van der Waals surface area contributed by atoms with Gasteiger partial charge < -0.3 is 5.32 Å². The van der Waals surface area contributed by atoms with Crippen LogP contribution in [0, 0.1) is 5.41 Å². The Labute approximate surface area is 127 Å². The van der Waals surface area contributed by atoms with Crippen LogP contribution in [0.4, 0.5) is 18.9 Å². The number of para-hydroxylation sites is 1. The Kier molecular flexibility index (Phi) is 4.56. The fourth-order valence-corrected chi connectivity index (χ4v) is 3.60.